The molecule has 0 aliphatic carbocycles. The number of H-pyrrole nitrogens is 1. The minimum absolute atomic E-state index is 0.199. The van der Waals surface area contributed by atoms with E-state index in [2.05, 4.69) is 45.2 Å². The van der Waals surface area contributed by atoms with Crippen LogP contribution in [0.2, 0.25) is 0 Å². The van der Waals surface area contributed by atoms with Gasteiger partial charge in [0.25, 0.3) is 5.91 Å². The van der Waals surface area contributed by atoms with Crippen LogP contribution in [0.15, 0.2) is 60.7 Å². The lowest BCUT2D eigenvalue weighted by atomic mass is 10.1. The predicted molar refractivity (Wildman–Crippen MR) is 108 cm³/mol. The van der Waals surface area contributed by atoms with Gasteiger partial charge < -0.3 is 9.88 Å². The summed E-state index contributed by atoms with van der Waals surface area (Å²) in [4.78, 5) is 12.3. The average Bonchev–Trinajstić information content (AvgIpc) is 3.30. The molecular weight excluding hydrogens is 355 g/mol. The van der Waals surface area contributed by atoms with E-state index in [0.717, 1.165) is 18.5 Å². The summed E-state index contributed by atoms with van der Waals surface area (Å²) in [5.41, 5.74) is 4.18. The molecule has 2 aromatic carbocycles. The van der Waals surface area contributed by atoms with Gasteiger partial charge in [-0.3, -0.25) is 9.89 Å². The average molecular weight is 376 g/mol. The molecule has 0 spiro atoms. The van der Waals surface area contributed by atoms with Gasteiger partial charge in [-0.15, -0.1) is 0 Å². The Hall–Kier alpha value is -3.41. The highest BCUT2D eigenvalue weighted by Gasteiger charge is 2.11. The first-order chi connectivity index (χ1) is 13.6. The van der Waals surface area contributed by atoms with E-state index < -0.39 is 0 Å². The number of carbonyl (C=O) groups excluding carboxylic acids is 1. The fourth-order valence-electron chi connectivity index (χ4n) is 3.39. The van der Waals surface area contributed by atoms with Gasteiger partial charge in [0.05, 0.1) is 5.69 Å². The molecule has 2 aromatic heterocycles. The maximum absolute atomic E-state index is 13.0. The summed E-state index contributed by atoms with van der Waals surface area (Å²) in [6, 6.07) is 18.2. The number of carbonyl (C=O) groups is 1. The van der Waals surface area contributed by atoms with Crippen molar-refractivity contribution >= 4 is 16.8 Å². The van der Waals surface area contributed by atoms with Crippen LogP contribution in [0.1, 0.15) is 22.6 Å². The monoisotopic (exact) mass is 376 g/mol. The van der Waals surface area contributed by atoms with Gasteiger partial charge >= 0.3 is 0 Å². The molecule has 0 unspecified atom stereocenters. The number of amides is 1. The number of rotatable bonds is 6. The highest BCUT2D eigenvalue weighted by Crippen LogP contribution is 2.20. The molecule has 0 saturated carbocycles. The smallest absolute Gasteiger partial charge is 0.269 e. The molecule has 5 nitrogen and oxygen atoms in total. The Morgan fingerprint density at radius 1 is 1.14 bits per heavy atom. The molecule has 2 heterocycles. The summed E-state index contributed by atoms with van der Waals surface area (Å²) < 4.78 is 15.3. The van der Waals surface area contributed by atoms with Crippen molar-refractivity contribution in [3.63, 3.8) is 0 Å². The van der Waals surface area contributed by atoms with Crippen molar-refractivity contribution < 1.29 is 9.18 Å². The highest BCUT2D eigenvalue weighted by molar-refractivity contribution is 5.93. The van der Waals surface area contributed by atoms with Crippen LogP contribution >= 0.6 is 0 Å². The first-order valence-corrected chi connectivity index (χ1v) is 9.26. The summed E-state index contributed by atoms with van der Waals surface area (Å²) in [6.45, 7) is 3.50. The van der Waals surface area contributed by atoms with Crippen LogP contribution in [0.25, 0.3) is 22.2 Å². The topological polar surface area (TPSA) is 62.7 Å². The highest BCUT2D eigenvalue weighted by atomic mass is 19.1. The summed E-state index contributed by atoms with van der Waals surface area (Å²) in [5, 5.41) is 11.0. The summed E-state index contributed by atoms with van der Waals surface area (Å²) in [6.07, 6.45) is 0.824. The van der Waals surface area contributed by atoms with Crippen molar-refractivity contribution in [2.45, 2.75) is 19.9 Å². The van der Waals surface area contributed by atoms with Crippen molar-refractivity contribution in [3.05, 3.63) is 77.9 Å². The van der Waals surface area contributed by atoms with Crippen LogP contribution in [0, 0.1) is 12.7 Å². The Balaban J connectivity index is 1.33. The zero-order chi connectivity index (χ0) is 19.5. The lowest BCUT2D eigenvalue weighted by Gasteiger charge is -2.09. The molecule has 142 valence electrons. The molecule has 6 heteroatoms. The van der Waals surface area contributed by atoms with E-state index in [9.17, 15) is 9.18 Å². The van der Waals surface area contributed by atoms with E-state index in [0.29, 0.717) is 17.9 Å². The second kappa shape index (κ2) is 7.68. The molecule has 0 atom stereocenters. The number of nitrogens with one attached hydrogen (secondary N) is 2. The third-order valence-electron chi connectivity index (χ3n) is 4.82. The molecule has 0 fully saturated rings. The number of hydrogen-bond acceptors (Lipinski definition) is 2. The van der Waals surface area contributed by atoms with Crippen LogP contribution in [0.5, 0.6) is 0 Å². The zero-order valence-corrected chi connectivity index (χ0v) is 15.6. The number of aromatic amines is 1. The quantitative estimate of drug-likeness (QED) is 0.493. The first kappa shape index (κ1) is 18.0. The number of aromatic nitrogens is 3. The molecule has 4 aromatic rings. The van der Waals surface area contributed by atoms with Crippen molar-refractivity contribution in [2.24, 2.45) is 0 Å². The van der Waals surface area contributed by atoms with E-state index in [1.54, 1.807) is 18.2 Å². The standard InChI is InChI=1S/C22H21FN4O/c1-15-13-17-5-2-3-6-21(17)27(15)12-4-11-24-22(28)20-14-19(25-26-20)16-7-9-18(23)10-8-16/h2-3,5-10,13-14H,4,11-12H2,1H3,(H,24,28)(H,25,26). The van der Waals surface area contributed by atoms with Crippen LogP contribution < -0.4 is 5.32 Å². The van der Waals surface area contributed by atoms with Gasteiger partial charge in [-0.2, -0.15) is 5.10 Å². The second-order valence-corrected chi connectivity index (χ2v) is 6.78. The molecule has 4 rings (SSSR count). The number of aryl methyl sites for hydroxylation is 2. The molecule has 0 saturated heterocycles. The molecule has 0 radical (unpaired) electrons. The third kappa shape index (κ3) is 3.67. The molecule has 28 heavy (non-hydrogen) atoms. The molecule has 0 aliphatic heterocycles. The van der Waals surface area contributed by atoms with Gasteiger partial charge in [-0.25, -0.2) is 4.39 Å². The van der Waals surface area contributed by atoms with E-state index in [1.807, 2.05) is 12.1 Å². The first-order valence-electron chi connectivity index (χ1n) is 9.26. The lowest BCUT2D eigenvalue weighted by Crippen LogP contribution is -2.25. The SMILES string of the molecule is Cc1cc2ccccc2n1CCCNC(=O)c1cc(-c2ccc(F)cc2)n[nH]1. The number of nitrogens with zero attached hydrogens (tertiary/aromatic N) is 2. The van der Waals surface area contributed by atoms with Gasteiger partial charge in [0.2, 0.25) is 0 Å². The van der Waals surface area contributed by atoms with E-state index in [-0.39, 0.29) is 11.7 Å². The largest absolute Gasteiger partial charge is 0.351 e. The molecule has 0 bridgehead atoms. The molecule has 2 N–H and O–H groups in total. The van der Waals surface area contributed by atoms with Crippen LogP contribution in [0.3, 0.4) is 0 Å². The summed E-state index contributed by atoms with van der Waals surface area (Å²) in [5.74, 6) is -0.502. The number of benzene rings is 2. The maximum atomic E-state index is 13.0. The number of hydrogen-bond donors (Lipinski definition) is 2. The van der Waals surface area contributed by atoms with E-state index in [4.69, 9.17) is 0 Å². The van der Waals surface area contributed by atoms with Gasteiger partial charge in [0.1, 0.15) is 11.5 Å². The summed E-state index contributed by atoms with van der Waals surface area (Å²) in [7, 11) is 0. The van der Waals surface area contributed by atoms with Crippen LogP contribution in [-0.4, -0.2) is 27.2 Å². The minimum Gasteiger partial charge on any atom is -0.351 e. The summed E-state index contributed by atoms with van der Waals surface area (Å²) >= 11 is 0. The number of fused-ring (bicyclic) bond motifs is 1. The van der Waals surface area contributed by atoms with E-state index in [1.165, 1.54) is 28.7 Å². The second-order valence-electron chi connectivity index (χ2n) is 6.78. The fourth-order valence-corrected chi connectivity index (χ4v) is 3.39. The molecule has 1 amide bonds. The third-order valence-corrected chi connectivity index (χ3v) is 4.82. The Kier molecular flexibility index (Phi) is 4.93. The Morgan fingerprint density at radius 3 is 2.75 bits per heavy atom. The number of para-hydroxylation sites is 1. The normalized spacial score (nSPS) is 11.1. The zero-order valence-electron chi connectivity index (χ0n) is 15.6. The van der Waals surface area contributed by atoms with Crippen LogP contribution in [0.4, 0.5) is 4.39 Å². The Labute approximate surface area is 162 Å². The minimum atomic E-state index is -0.303. The van der Waals surface area contributed by atoms with Gasteiger partial charge in [-0.05, 0) is 61.2 Å². The fraction of sp³-hybridized carbons (Fsp3) is 0.182. The van der Waals surface area contributed by atoms with Crippen molar-refractivity contribution in [3.8, 4) is 11.3 Å². The van der Waals surface area contributed by atoms with Crippen molar-refractivity contribution in [2.75, 3.05) is 6.54 Å². The predicted octanol–water partition coefficient (Wildman–Crippen LogP) is 4.30. The number of halogens is 1. The lowest BCUT2D eigenvalue weighted by molar-refractivity contribution is 0.0948. The van der Waals surface area contributed by atoms with Gasteiger partial charge in [-0.1, -0.05) is 18.2 Å². The van der Waals surface area contributed by atoms with E-state index >= 15 is 0 Å². The van der Waals surface area contributed by atoms with Crippen molar-refractivity contribution in [1.29, 1.82) is 0 Å². The van der Waals surface area contributed by atoms with Crippen molar-refractivity contribution in [1.82, 2.24) is 20.1 Å². The molecular formula is C22H21FN4O. The maximum Gasteiger partial charge on any atom is 0.269 e. The van der Waals surface area contributed by atoms with Crippen LogP contribution in [-0.2, 0) is 6.54 Å². The van der Waals surface area contributed by atoms with Gasteiger partial charge in [0, 0.05) is 29.9 Å². The Morgan fingerprint density at radius 2 is 1.93 bits per heavy atom. The Bertz CT molecular complexity index is 1110. The van der Waals surface area contributed by atoms with Gasteiger partial charge in [0.15, 0.2) is 0 Å². The molecule has 0 aliphatic rings.